The minimum absolute atomic E-state index is 0.0531. The fourth-order valence-electron chi connectivity index (χ4n) is 4.81. The first-order chi connectivity index (χ1) is 27.0. The maximum Gasteiger partial charge on any atom is 0.306 e. The number of hydrogen-bond acceptors (Lipinski definition) is 8. The van der Waals surface area contributed by atoms with Gasteiger partial charge in [0.05, 0.1) is 27.7 Å². The quantitative estimate of drug-likeness (QED) is 0.0202. The predicted molar refractivity (Wildman–Crippen MR) is 231 cm³/mol. The summed E-state index contributed by atoms with van der Waals surface area (Å²) < 4.78 is 33.7. The van der Waals surface area contributed by atoms with Crippen LogP contribution in [0.5, 0.6) is 0 Å². The largest absolute Gasteiger partial charge is 0.756 e. The van der Waals surface area contributed by atoms with Gasteiger partial charge >= 0.3 is 11.9 Å². The average molecular weight is 802 g/mol. The minimum Gasteiger partial charge on any atom is -0.756 e. The van der Waals surface area contributed by atoms with E-state index >= 15 is 0 Å². The molecule has 0 rings (SSSR count). The lowest BCUT2D eigenvalue weighted by Gasteiger charge is -2.28. The van der Waals surface area contributed by atoms with Gasteiger partial charge in [-0.25, -0.2) is 0 Å². The summed E-state index contributed by atoms with van der Waals surface area (Å²) in [5.41, 5.74) is 0. The Morgan fingerprint density at radius 2 is 1.02 bits per heavy atom. The zero-order chi connectivity index (χ0) is 41.4. The highest BCUT2D eigenvalue weighted by molar-refractivity contribution is 7.45. The van der Waals surface area contributed by atoms with Gasteiger partial charge < -0.3 is 27.9 Å². The smallest absolute Gasteiger partial charge is 0.306 e. The molecule has 2 atom stereocenters. The van der Waals surface area contributed by atoms with E-state index in [0.29, 0.717) is 23.9 Å². The normalized spacial score (nSPS) is 14.6. The Labute approximate surface area is 341 Å². The highest BCUT2D eigenvalue weighted by Gasteiger charge is 2.21. The third-order valence-corrected chi connectivity index (χ3v) is 9.05. The maximum atomic E-state index is 12.6. The van der Waals surface area contributed by atoms with E-state index in [1.165, 1.54) is 25.7 Å². The van der Waals surface area contributed by atoms with E-state index in [0.717, 1.165) is 64.2 Å². The number of ether oxygens (including phenoxy) is 2. The first-order valence-corrected chi connectivity index (χ1v) is 22.4. The van der Waals surface area contributed by atoms with Crippen molar-refractivity contribution in [3.63, 3.8) is 0 Å². The summed E-state index contributed by atoms with van der Waals surface area (Å²) in [6, 6.07) is 0. The Bertz CT molecular complexity index is 1270. The Hall–Kier alpha value is -3.07. The second kappa shape index (κ2) is 37.5. The topological polar surface area (TPSA) is 111 Å². The summed E-state index contributed by atoms with van der Waals surface area (Å²) in [6.07, 6.45) is 48.8. The molecule has 56 heavy (non-hydrogen) atoms. The lowest BCUT2D eigenvalue weighted by molar-refractivity contribution is -0.870. The monoisotopic (exact) mass is 802 g/mol. The van der Waals surface area contributed by atoms with Crippen molar-refractivity contribution in [1.82, 2.24) is 0 Å². The molecule has 0 N–H and O–H groups in total. The molecule has 0 aliphatic rings. The van der Waals surface area contributed by atoms with E-state index in [1.807, 2.05) is 27.2 Å². The third kappa shape index (κ3) is 40.6. The lowest BCUT2D eigenvalue weighted by atomic mass is 10.2. The highest BCUT2D eigenvalue weighted by Crippen LogP contribution is 2.38. The van der Waals surface area contributed by atoms with Crippen LogP contribution in [0.3, 0.4) is 0 Å². The van der Waals surface area contributed by atoms with Crippen LogP contribution in [0.15, 0.2) is 97.2 Å². The number of hydrogen-bond donors (Lipinski definition) is 0. The van der Waals surface area contributed by atoms with Gasteiger partial charge in [0.15, 0.2) is 6.10 Å². The van der Waals surface area contributed by atoms with Crippen LogP contribution in [0.1, 0.15) is 129 Å². The van der Waals surface area contributed by atoms with Gasteiger partial charge in [-0.15, -0.1) is 0 Å². The van der Waals surface area contributed by atoms with E-state index in [-0.39, 0.29) is 26.1 Å². The van der Waals surface area contributed by atoms with Crippen molar-refractivity contribution in [2.75, 3.05) is 47.5 Å². The Kier molecular flexibility index (Phi) is 35.4. The number of phosphoric acid groups is 1. The molecule has 0 bridgehead atoms. The van der Waals surface area contributed by atoms with Gasteiger partial charge in [-0.1, -0.05) is 124 Å². The van der Waals surface area contributed by atoms with Crippen LogP contribution in [0.4, 0.5) is 0 Å². The first kappa shape index (κ1) is 52.9. The fourth-order valence-corrected chi connectivity index (χ4v) is 5.54. The number of carbonyl (C=O) groups excluding carboxylic acids is 2. The molecule has 0 radical (unpaired) electrons. The average Bonchev–Trinajstić information content (AvgIpc) is 3.15. The van der Waals surface area contributed by atoms with Crippen LogP contribution in [-0.2, 0) is 32.7 Å². The molecule has 0 aromatic heterocycles. The van der Waals surface area contributed by atoms with Crippen LogP contribution in [0, 0.1) is 0 Å². The van der Waals surface area contributed by atoms with Crippen molar-refractivity contribution >= 4 is 19.8 Å². The Morgan fingerprint density at radius 3 is 1.50 bits per heavy atom. The van der Waals surface area contributed by atoms with Crippen molar-refractivity contribution in [2.24, 2.45) is 0 Å². The maximum absolute atomic E-state index is 12.6. The van der Waals surface area contributed by atoms with Gasteiger partial charge in [-0.2, -0.15) is 0 Å². The van der Waals surface area contributed by atoms with Crippen LogP contribution in [0.2, 0.25) is 0 Å². The molecule has 0 saturated heterocycles. The molecule has 0 aromatic rings. The molecule has 0 fully saturated rings. The predicted octanol–water partition coefficient (Wildman–Crippen LogP) is 11.2. The Morgan fingerprint density at radius 1 is 0.571 bits per heavy atom. The van der Waals surface area contributed by atoms with Crippen molar-refractivity contribution in [2.45, 2.75) is 136 Å². The number of rotatable bonds is 36. The van der Waals surface area contributed by atoms with E-state index in [2.05, 4.69) is 105 Å². The van der Waals surface area contributed by atoms with Crippen LogP contribution < -0.4 is 4.89 Å². The van der Waals surface area contributed by atoms with Gasteiger partial charge in [0.2, 0.25) is 0 Å². The van der Waals surface area contributed by atoms with Crippen LogP contribution in [0.25, 0.3) is 0 Å². The van der Waals surface area contributed by atoms with Crippen molar-refractivity contribution < 1.29 is 42.1 Å². The summed E-state index contributed by atoms with van der Waals surface area (Å²) in [5.74, 6) is -0.962. The van der Waals surface area contributed by atoms with Crippen molar-refractivity contribution in [3.8, 4) is 0 Å². The molecule has 0 amide bonds. The van der Waals surface area contributed by atoms with Gasteiger partial charge in [0, 0.05) is 12.8 Å². The zero-order valence-corrected chi connectivity index (χ0v) is 36.4. The lowest BCUT2D eigenvalue weighted by Crippen LogP contribution is -2.37. The number of quaternary nitrogens is 1. The number of likely N-dealkylation sites (N-methyl/N-ethyl adjacent to an activating group) is 1. The number of allylic oxidation sites excluding steroid dienone is 16. The standard InChI is InChI=1S/C46H76NO8P/c1-6-8-10-12-14-16-18-20-22-23-25-26-28-30-32-34-36-38-45(48)52-42-44(43-54-56(50,51)53-41-40-47(3,4)5)55-46(49)39-37-35-33-31-29-27-24-21-19-17-15-13-11-9-7-2/h9,11,14-17,20-22,24-26,29-32,44H,6-8,10,12-13,18-19,23,27-28,33-43H2,1-5H3/b11-9-,16-14-,17-15-,22-20-,24-21-,26-25-,31-29-,32-30-/t44-/m1/s1. The van der Waals surface area contributed by atoms with E-state index < -0.39 is 32.5 Å². The number of carbonyl (C=O) groups is 2. The molecule has 1 unspecified atom stereocenters. The second-order valence-electron chi connectivity index (χ2n) is 14.6. The minimum atomic E-state index is -4.65. The molecule has 0 aliphatic heterocycles. The van der Waals surface area contributed by atoms with Crippen LogP contribution >= 0.6 is 7.82 Å². The molecule has 0 spiro atoms. The summed E-state index contributed by atoms with van der Waals surface area (Å²) in [4.78, 5) is 37.4. The van der Waals surface area contributed by atoms with E-state index in [4.69, 9.17) is 18.5 Å². The summed E-state index contributed by atoms with van der Waals surface area (Å²) in [7, 11) is 1.09. The second-order valence-corrected chi connectivity index (χ2v) is 16.0. The number of unbranched alkanes of at least 4 members (excludes halogenated alkanes) is 6. The van der Waals surface area contributed by atoms with E-state index in [1.54, 1.807) is 0 Å². The molecule has 10 heteroatoms. The van der Waals surface area contributed by atoms with Crippen LogP contribution in [-0.4, -0.2) is 70.0 Å². The molecular weight excluding hydrogens is 725 g/mol. The van der Waals surface area contributed by atoms with E-state index in [9.17, 15) is 19.0 Å². The molecule has 318 valence electrons. The number of esters is 2. The first-order valence-electron chi connectivity index (χ1n) is 20.9. The van der Waals surface area contributed by atoms with Gasteiger partial charge in [-0.05, 0) is 89.9 Å². The van der Waals surface area contributed by atoms with Crippen molar-refractivity contribution in [1.29, 1.82) is 0 Å². The molecular formula is C46H76NO8P. The molecule has 0 aromatic carbocycles. The number of phosphoric ester groups is 1. The number of nitrogens with zero attached hydrogens (tertiary/aromatic N) is 1. The Balaban J connectivity index is 4.58. The third-order valence-electron chi connectivity index (χ3n) is 8.09. The molecule has 0 saturated carbocycles. The summed E-state index contributed by atoms with van der Waals surface area (Å²) in [5, 5.41) is 0. The summed E-state index contributed by atoms with van der Waals surface area (Å²) >= 11 is 0. The van der Waals surface area contributed by atoms with Crippen molar-refractivity contribution in [3.05, 3.63) is 97.2 Å². The van der Waals surface area contributed by atoms with Gasteiger partial charge in [0.1, 0.15) is 19.8 Å². The molecule has 0 heterocycles. The van der Waals surface area contributed by atoms with Gasteiger partial charge in [-0.3, -0.25) is 14.2 Å². The summed E-state index contributed by atoms with van der Waals surface area (Å²) in [6.45, 7) is 3.93. The highest BCUT2D eigenvalue weighted by atomic mass is 31.2. The molecule has 0 aliphatic carbocycles. The zero-order valence-electron chi connectivity index (χ0n) is 35.5. The van der Waals surface area contributed by atoms with Gasteiger partial charge in [0.25, 0.3) is 7.82 Å². The SMILES string of the molecule is CC/C=C\C/C=C\C/C=C\C/C=C\CCCCC(=O)O[C@H](COC(=O)CCC/C=C\C/C=C\C/C=C\C/C=C\CCCCC)COP(=O)([O-])OCC[N+](C)(C)C. The fraction of sp³-hybridized carbons (Fsp3) is 0.609. The molecule has 9 nitrogen and oxygen atoms in total.